The van der Waals surface area contributed by atoms with Crippen LogP contribution >= 0.6 is 34.4 Å². The molecule has 0 fully saturated rings. The van der Waals surface area contributed by atoms with Gasteiger partial charge in [-0.3, -0.25) is 14.9 Å². The number of H-pyrrole nitrogens is 1. The lowest BCUT2D eigenvalue weighted by Crippen LogP contribution is -2.14. The first-order valence-electron chi connectivity index (χ1n) is 6.72. The van der Waals surface area contributed by atoms with Crippen LogP contribution in [0.4, 0.5) is 5.69 Å². The van der Waals surface area contributed by atoms with Gasteiger partial charge >= 0.3 is 0 Å². The van der Waals surface area contributed by atoms with Crippen molar-refractivity contribution in [2.45, 2.75) is 5.16 Å². The van der Waals surface area contributed by atoms with Gasteiger partial charge in [-0.25, -0.2) is 4.98 Å². The van der Waals surface area contributed by atoms with Gasteiger partial charge in [-0.15, -0.1) is 5.10 Å². The Balaban J connectivity index is 1.55. The molecule has 1 aromatic carbocycles. The van der Waals surface area contributed by atoms with Crippen molar-refractivity contribution in [2.24, 2.45) is 0 Å². The Morgan fingerprint density at radius 3 is 2.65 bits per heavy atom. The van der Waals surface area contributed by atoms with Crippen LogP contribution in [0.3, 0.4) is 0 Å². The Bertz CT molecular complexity index is 791. The summed E-state index contributed by atoms with van der Waals surface area (Å²) >= 11 is 3.50. The summed E-state index contributed by atoms with van der Waals surface area (Å²) in [5.74, 6) is 0.819. The Morgan fingerprint density at radius 1 is 1.17 bits per heavy atom. The molecule has 0 saturated heterocycles. The van der Waals surface area contributed by atoms with Gasteiger partial charge in [-0.05, 0) is 59.0 Å². The number of carbonyl (C=O) groups is 1. The highest BCUT2D eigenvalue weighted by atomic mass is 127. The molecule has 3 aromatic rings. The van der Waals surface area contributed by atoms with Crippen LogP contribution in [0.25, 0.3) is 11.4 Å². The predicted molar refractivity (Wildman–Crippen MR) is 98.1 cm³/mol. The quantitative estimate of drug-likeness (QED) is 0.473. The molecule has 0 aliphatic carbocycles. The standard InChI is InChI=1S/C15H12IN5OS/c16-11-1-3-12(4-2-11)18-13(22)9-23-15-19-14(20-21-15)10-5-7-17-8-6-10/h1-8H,9H2,(H,18,22)(H,19,20,21). The van der Waals surface area contributed by atoms with Crippen molar-refractivity contribution in [3.63, 3.8) is 0 Å². The summed E-state index contributed by atoms with van der Waals surface area (Å²) in [5, 5.41) is 10.3. The highest BCUT2D eigenvalue weighted by Gasteiger charge is 2.09. The molecule has 0 aliphatic rings. The van der Waals surface area contributed by atoms with E-state index in [0.29, 0.717) is 11.0 Å². The summed E-state index contributed by atoms with van der Waals surface area (Å²) in [6.45, 7) is 0. The molecule has 0 aliphatic heterocycles. The van der Waals surface area contributed by atoms with Crippen LogP contribution in [0, 0.1) is 3.57 Å². The maximum absolute atomic E-state index is 11.9. The van der Waals surface area contributed by atoms with Gasteiger partial charge in [0.15, 0.2) is 5.82 Å². The Labute approximate surface area is 150 Å². The summed E-state index contributed by atoms with van der Waals surface area (Å²) in [7, 11) is 0. The molecule has 0 saturated carbocycles. The van der Waals surface area contributed by atoms with Crippen LogP contribution in [0.1, 0.15) is 0 Å². The van der Waals surface area contributed by atoms with Gasteiger partial charge in [-0.1, -0.05) is 11.8 Å². The summed E-state index contributed by atoms with van der Waals surface area (Å²) in [4.78, 5) is 20.3. The van der Waals surface area contributed by atoms with Crippen molar-refractivity contribution < 1.29 is 4.79 Å². The fraction of sp³-hybridized carbons (Fsp3) is 0.0667. The van der Waals surface area contributed by atoms with Gasteiger partial charge in [-0.2, -0.15) is 0 Å². The second kappa shape index (κ2) is 7.55. The molecule has 2 N–H and O–H groups in total. The average molecular weight is 437 g/mol. The van der Waals surface area contributed by atoms with Crippen molar-refractivity contribution in [1.82, 2.24) is 20.2 Å². The number of hydrogen-bond donors (Lipinski definition) is 2. The molecule has 3 rings (SSSR count). The summed E-state index contributed by atoms with van der Waals surface area (Å²) in [6.07, 6.45) is 3.39. The molecule has 0 spiro atoms. The number of pyridine rings is 1. The Hall–Kier alpha value is -1.94. The third-order valence-electron chi connectivity index (χ3n) is 2.88. The van der Waals surface area contributed by atoms with Crippen molar-refractivity contribution in [1.29, 1.82) is 0 Å². The number of carbonyl (C=O) groups excluding carboxylic acids is 1. The highest BCUT2D eigenvalue weighted by molar-refractivity contribution is 14.1. The van der Waals surface area contributed by atoms with E-state index in [1.54, 1.807) is 12.4 Å². The molecule has 0 atom stereocenters. The number of aromatic amines is 1. The first-order valence-corrected chi connectivity index (χ1v) is 8.78. The van der Waals surface area contributed by atoms with Crippen molar-refractivity contribution in [3.05, 3.63) is 52.4 Å². The van der Waals surface area contributed by atoms with Crippen LogP contribution < -0.4 is 5.32 Å². The number of rotatable bonds is 5. The first-order chi connectivity index (χ1) is 11.2. The van der Waals surface area contributed by atoms with Crippen molar-refractivity contribution >= 4 is 45.9 Å². The Kier molecular flexibility index (Phi) is 5.23. The number of nitrogens with one attached hydrogen (secondary N) is 2. The molecule has 0 bridgehead atoms. The highest BCUT2D eigenvalue weighted by Crippen LogP contribution is 2.19. The van der Waals surface area contributed by atoms with Crippen LogP contribution in [-0.2, 0) is 4.79 Å². The number of nitrogens with zero attached hydrogens (tertiary/aromatic N) is 3. The molecule has 2 aromatic heterocycles. The molecule has 1 amide bonds. The van der Waals surface area contributed by atoms with Crippen molar-refractivity contribution in [2.75, 3.05) is 11.1 Å². The van der Waals surface area contributed by atoms with Crippen LogP contribution in [-0.4, -0.2) is 31.8 Å². The number of aromatic nitrogens is 4. The van der Waals surface area contributed by atoms with Crippen LogP contribution in [0.2, 0.25) is 0 Å². The fourth-order valence-electron chi connectivity index (χ4n) is 1.81. The van der Waals surface area contributed by atoms with E-state index in [0.717, 1.165) is 14.8 Å². The minimum absolute atomic E-state index is 0.0912. The SMILES string of the molecule is O=C(CSc1n[nH]c(-c2ccncc2)n1)Nc1ccc(I)cc1. The molecule has 23 heavy (non-hydrogen) atoms. The summed E-state index contributed by atoms with van der Waals surface area (Å²) in [5.41, 5.74) is 1.69. The van der Waals surface area contributed by atoms with E-state index in [1.165, 1.54) is 11.8 Å². The second-order valence-corrected chi connectivity index (χ2v) is 6.73. The average Bonchev–Trinajstić information content (AvgIpc) is 3.05. The topological polar surface area (TPSA) is 83.6 Å². The zero-order chi connectivity index (χ0) is 16.1. The minimum Gasteiger partial charge on any atom is -0.325 e. The smallest absolute Gasteiger partial charge is 0.234 e. The number of thioether (sulfide) groups is 1. The number of anilines is 1. The van der Waals surface area contributed by atoms with E-state index >= 15 is 0 Å². The number of amides is 1. The largest absolute Gasteiger partial charge is 0.325 e. The van der Waals surface area contributed by atoms with Gasteiger partial charge in [0.1, 0.15) is 0 Å². The number of benzene rings is 1. The zero-order valence-corrected chi connectivity index (χ0v) is 14.8. The molecular weight excluding hydrogens is 425 g/mol. The molecule has 8 heteroatoms. The van der Waals surface area contributed by atoms with E-state index in [1.807, 2.05) is 36.4 Å². The fourth-order valence-corrected chi connectivity index (χ4v) is 2.77. The van der Waals surface area contributed by atoms with E-state index in [4.69, 9.17) is 0 Å². The second-order valence-electron chi connectivity index (χ2n) is 4.55. The zero-order valence-electron chi connectivity index (χ0n) is 11.9. The van der Waals surface area contributed by atoms with Crippen molar-refractivity contribution in [3.8, 4) is 11.4 Å². The lowest BCUT2D eigenvalue weighted by molar-refractivity contribution is -0.113. The molecular formula is C15H12IN5OS. The van der Waals surface area contributed by atoms with Gasteiger partial charge in [0.2, 0.25) is 11.1 Å². The lowest BCUT2D eigenvalue weighted by Gasteiger charge is -2.03. The van der Waals surface area contributed by atoms with E-state index in [2.05, 4.69) is 48.1 Å². The van der Waals surface area contributed by atoms with E-state index < -0.39 is 0 Å². The number of hydrogen-bond acceptors (Lipinski definition) is 5. The van der Waals surface area contributed by atoms with Crippen LogP contribution in [0.15, 0.2) is 53.9 Å². The molecule has 2 heterocycles. The summed E-state index contributed by atoms with van der Waals surface area (Å²) in [6, 6.07) is 11.3. The third-order valence-corrected chi connectivity index (χ3v) is 4.45. The van der Waals surface area contributed by atoms with Gasteiger partial charge < -0.3 is 5.32 Å². The minimum atomic E-state index is -0.0912. The monoisotopic (exact) mass is 437 g/mol. The predicted octanol–water partition coefficient (Wildman–Crippen LogP) is 3.20. The number of halogens is 1. The lowest BCUT2D eigenvalue weighted by atomic mass is 10.3. The third kappa shape index (κ3) is 4.52. The maximum Gasteiger partial charge on any atom is 0.234 e. The molecule has 116 valence electrons. The summed E-state index contributed by atoms with van der Waals surface area (Å²) < 4.78 is 1.12. The first kappa shape index (κ1) is 15.9. The van der Waals surface area contributed by atoms with Gasteiger partial charge in [0.05, 0.1) is 5.75 Å². The molecule has 0 unspecified atom stereocenters. The van der Waals surface area contributed by atoms with E-state index in [-0.39, 0.29) is 11.7 Å². The maximum atomic E-state index is 11.9. The van der Waals surface area contributed by atoms with Gasteiger partial charge in [0, 0.05) is 27.2 Å². The Morgan fingerprint density at radius 2 is 1.91 bits per heavy atom. The molecule has 6 nitrogen and oxygen atoms in total. The van der Waals surface area contributed by atoms with E-state index in [9.17, 15) is 4.79 Å². The normalized spacial score (nSPS) is 10.5. The van der Waals surface area contributed by atoms with Gasteiger partial charge in [0.25, 0.3) is 0 Å². The molecule has 0 radical (unpaired) electrons. The van der Waals surface area contributed by atoms with Crippen LogP contribution in [0.5, 0.6) is 0 Å².